The molecule has 1 aliphatic carbocycles. The van der Waals surface area contributed by atoms with Crippen LogP contribution in [0, 0.1) is 5.82 Å². The number of carbonyl (C=O) groups is 1. The van der Waals surface area contributed by atoms with Gasteiger partial charge >= 0.3 is 0 Å². The van der Waals surface area contributed by atoms with Crippen molar-refractivity contribution in [2.75, 3.05) is 0 Å². The Morgan fingerprint density at radius 2 is 2.00 bits per heavy atom. The SMILES string of the molecule is O=C(Cc1ccc2nc[nH]c2c1)N(Cc1ccccc1F)C1CCCC1. The van der Waals surface area contributed by atoms with Gasteiger partial charge in [-0.2, -0.15) is 0 Å². The number of imidazole rings is 1. The zero-order valence-corrected chi connectivity index (χ0v) is 14.6. The van der Waals surface area contributed by atoms with Gasteiger partial charge in [-0.3, -0.25) is 4.79 Å². The van der Waals surface area contributed by atoms with Crippen molar-refractivity contribution < 1.29 is 9.18 Å². The lowest BCUT2D eigenvalue weighted by molar-refractivity contribution is -0.133. The third-order valence-electron chi connectivity index (χ3n) is 5.22. The van der Waals surface area contributed by atoms with Crippen LogP contribution >= 0.6 is 0 Å². The van der Waals surface area contributed by atoms with Gasteiger partial charge in [0, 0.05) is 18.2 Å². The average molecular weight is 351 g/mol. The van der Waals surface area contributed by atoms with Crippen LogP contribution in [0.4, 0.5) is 4.39 Å². The van der Waals surface area contributed by atoms with Gasteiger partial charge in [-0.05, 0) is 36.6 Å². The fourth-order valence-corrected chi connectivity index (χ4v) is 3.82. The van der Waals surface area contributed by atoms with E-state index in [0.717, 1.165) is 42.3 Å². The number of benzene rings is 2. The van der Waals surface area contributed by atoms with E-state index in [1.165, 1.54) is 6.07 Å². The summed E-state index contributed by atoms with van der Waals surface area (Å²) >= 11 is 0. The molecule has 0 aliphatic heterocycles. The van der Waals surface area contributed by atoms with Crippen molar-refractivity contribution in [1.29, 1.82) is 0 Å². The number of carbonyl (C=O) groups excluding carboxylic acids is 1. The number of fused-ring (bicyclic) bond motifs is 1. The van der Waals surface area contributed by atoms with Crippen LogP contribution in [0.15, 0.2) is 48.8 Å². The van der Waals surface area contributed by atoms with Gasteiger partial charge < -0.3 is 9.88 Å². The van der Waals surface area contributed by atoms with E-state index >= 15 is 0 Å². The first-order chi connectivity index (χ1) is 12.7. The van der Waals surface area contributed by atoms with Gasteiger partial charge in [0.15, 0.2) is 0 Å². The number of aromatic amines is 1. The number of nitrogens with one attached hydrogen (secondary N) is 1. The molecule has 1 amide bonds. The van der Waals surface area contributed by atoms with E-state index in [9.17, 15) is 9.18 Å². The molecule has 1 fully saturated rings. The predicted octanol–water partition coefficient (Wildman–Crippen LogP) is 4.22. The van der Waals surface area contributed by atoms with Crippen LogP contribution in [-0.2, 0) is 17.8 Å². The van der Waals surface area contributed by atoms with Gasteiger partial charge in [0.2, 0.25) is 5.91 Å². The first-order valence-corrected chi connectivity index (χ1v) is 9.15. The van der Waals surface area contributed by atoms with Crippen LogP contribution in [0.3, 0.4) is 0 Å². The van der Waals surface area contributed by atoms with E-state index < -0.39 is 0 Å². The molecule has 1 N–H and O–H groups in total. The Bertz CT molecular complexity index is 914. The third-order valence-corrected chi connectivity index (χ3v) is 5.22. The highest BCUT2D eigenvalue weighted by atomic mass is 19.1. The van der Waals surface area contributed by atoms with Gasteiger partial charge in [0.05, 0.1) is 23.8 Å². The molecule has 0 unspecified atom stereocenters. The second-order valence-corrected chi connectivity index (χ2v) is 6.98. The smallest absolute Gasteiger partial charge is 0.227 e. The van der Waals surface area contributed by atoms with E-state index in [1.807, 2.05) is 29.2 Å². The molecule has 4 nitrogen and oxygen atoms in total. The summed E-state index contributed by atoms with van der Waals surface area (Å²) in [5, 5.41) is 0. The summed E-state index contributed by atoms with van der Waals surface area (Å²) in [6.45, 7) is 0.336. The molecule has 0 radical (unpaired) electrons. The molecule has 0 saturated heterocycles. The number of halogens is 1. The number of nitrogens with zero attached hydrogens (tertiary/aromatic N) is 2. The second kappa shape index (κ2) is 7.28. The summed E-state index contributed by atoms with van der Waals surface area (Å²) in [6, 6.07) is 12.8. The van der Waals surface area contributed by atoms with Gasteiger partial charge in [-0.25, -0.2) is 9.37 Å². The molecule has 1 aliphatic rings. The van der Waals surface area contributed by atoms with Gasteiger partial charge in [0.25, 0.3) is 0 Å². The summed E-state index contributed by atoms with van der Waals surface area (Å²) in [5.41, 5.74) is 3.34. The van der Waals surface area contributed by atoms with Crippen molar-refractivity contribution in [2.24, 2.45) is 0 Å². The van der Waals surface area contributed by atoms with Crippen LogP contribution in [0.2, 0.25) is 0 Å². The second-order valence-electron chi connectivity index (χ2n) is 6.98. The number of amides is 1. The number of hydrogen-bond donors (Lipinski definition) is 1. The lowest BCUT2D eigenvalue weighted by atomic mass is 10.1. The van der Waals surface area contributed by atoms with E-state index in [2.05, 4.69) is 9.97 Å². The summed E-state index contributed by atoms with van der Waals surface area (Å²) in [4.78, 5) is 22.2. The first-order valence-electron chi connectivity index (χ1n) is 9.15. The maximum atomic E-state index is 14.1. The van der Waals surface area contributed by atoms with Crippen LogP contribution < -0.4 is 0 Å². The normalized spacial score (nSPS) is 14.8. The van der Waals surface area contributed by atoms with Crippen molar-refractivity contribution in [1.82, 2.24) is 14.9 Å². The molecule has 5 heteroatoms. The Kier molecular flexibility index (Phi) is 4.69. The van der Waals surface area contributed by atoms with Crippen molar-refractivity contribution in [3.05, 3.63) is 65.7 Å². The van der Waals surface area contributed by atoms with Gasteiger partial charge in [0.1, 0.15) is 5.82 Å². The quantitative estimate of drug-likeness (QED) is 0.748. The van der Waals surface area contributed by atoms with E-state index in [-0.39, 0.29) is 17.8 Å². The standard InChI is InChI=1S/C21H22FN3O/c22-18-8-4-1-5-16(18)13-25(17-6-2-3-7-17)21(26)12-15-9-10-19-20(11-15)24-14-23-19/h1,4-5,8-11,14,17H,2-3,6-7,12-13H2,(H,23,24). The minimum atomic E-state index is -0.248. The highest BCUT2D eigenvalue weighted by Crippen LogP contribution is 2.26. The maximum Gasteiger partial charge on any atom is 0.227 e. The number of H-pyrrole nitrogens is 1. The van der Waals surface area contributed by atoms with Crippen molar-refractivity contribution in [3.63, 3.8) is 0 Å². The van der Waals surface area contributed by atoms with Crippen molar-refractivity contribution in [3.8, 4) is 0 Å². The highest BCUT2D eigenvalue weighted by Gasteiger charge is 2.27. The number of rotatable bonds is 5. The summed E-state index contributed by atoms with van der Waals surface area (Å²) in [5.74, 6) is -0.193. The van der Waals surface area contributed by atoms with Crippen molar-refractivity contribution >= 4 is 16.9 Å². The topological polar surface area (TPSA) is 49.0 Å². The zero-order valence-electron chi connectivity index (χ0n) is 14.6. The minimum Gasteiger partial charge on any atom is -0.345 e. The zero-order chi connectivity index (χ0) is 17.9. The maximum absolute atomic E-state index is 14.1. The lowest BCUT2D eigenvalue weighted by Gasteiger charge is -2.29. The Balaban J connectivity index is 1.56. The van der Waals surface area contributed by atoms with E-state index in [0.29, 0.717) is 18.5 Å². The Morgan fingerprint density at radius 3 is 2.81 bits per heavy atom. The molecular formula is C21H22FN3O. The summed E-state index contributed by atoms with van der Waals surface area (Å²) in [7, 11) is 0. The van der Waals surface area contributed by atoms with Crippen LogP contribution in [0.5, 0.6) is 0 Å². The van der Waals surface area contributed by atoms with Crippen LogP contribution in [0.1, 0.15) is 36.8 Å². The van der Waals surface area contributed by atoms with Gasteiger partial charge in [-0.1, -0.05) is 37.1 Å². The molecule has 0 bridgehead atoms. The number of hydrogen-bond acceptors (Lipinski definition) is 2. The molecular weight excluding hydrogens is 329 g/mol. The molecule has 1 aromatic heterocycles. The minimum absolute atomic E-state index is 0.0546. The Labute approximate surface area is 152 Å². The average Bonchev–Trinajstić information content (AvgIpc) is 3.32. The molecule has 4 rings (SSSR count). The fraction of sp³-hybridized carbons (Fsp3) is 0.333. The Morgan fingerprint density at radius 1 is 1.19 bits per heavy atom. The summed E-state index contributed by atoms with van der Waals surface area (Å²) < 4.78 is 14.1. The van der Waals surface area contributed by atoms with Gasteiger partial charge in [-0.15, -0.1) is 0 Å². The largest absolute Gasteiger partial charge is 0.345 e. The first kappa shape index (κ1) is 16.8. The third kappa shape index (κ3) is 3.47. The van der Waals surface area contributed by atoms with Crippen LogP contribution in [-0.4, -0.2) is 26.8 Å². The highest BCUT2D eigenvalue weighted by molar-refractivity contribution is 5.82. The Hall–Kier alpha value is -2.69. The van der Waals surface area contributed by atoms with E-state index in [4.69, 9.17) is 0 Å². The molecule has 2 aromatic carbocycles. The van der Waals surface area contributed by atoms with E-state index in [1.54, 1.807) is 18.5 Å². The fourth-order valence-electron chi connectivity index (χ4n) is 3.82. The lowest BCUT2D eigenvalue weighted by Crippen LogP contribution is -2.39. The molecule has 0 atom stereocenters. The molecule has 1 saturated carbocycles. The predicted molar refractivity (Wildman–Crippen MR) is 99.0 cm³/mol. The van der Waals surface area contributed by atoms with Crippen LogP contribution in [0.25, 0.3) is 11.0 Å². The number of aromatic nitrogens is 2. The molecule has 134 valence electrons. The molecule has 3 aromatic rings. The van der Waals surface area contributed by atoms with Crippen molar-refractivity contribution in [2.45, 2.75) is 44.7 Å². The monoisotopic (exact) mass is 351 g/mol. The molecule has 0 spiro atoms. The molecule has 26 heavy (non-hydrogen) atoms. The summed E-state index contributed by atoms with van der Waals surface area (Å²) in [6.07, 6.45) is 6.23. The molecule has 1 heterocycles.